The van der Waals surface area contributed by atoms with Crippen LogP contribution in [-0.4, -0.2) is 48.7 Å². The Morgan fingerprint density at radius 3 is 2.75 bits per heavy atom. The largest absolute Gasteiger partial charge is 0.378 e. The van der Waals surface area contributed by atoms with Gasteiger partial charge in [0, 0.05) is 25.2 Å². The van der Waals surface area contributed by atoms with Crippen LogP contribution in [0.5, 0.6) is 0 Å². The number of carbonyl (C=O) groups is 1. The molecule has 0 radical (unpaired) electrons. The second-order valence-electron chi connectivity index (χ2n) is 5.50. The zero-order chi connectivity index (χ0) is 16.9. The van der Waals surface area contributed by atoms with E-state index in [1.165, 1.54) is 0 Å². The molecule has 1 aromatic rings. The molecule has 0 unspecified atom stereocenters. The number of hydrogen-bond donors (Lipinski definition) is 2. The van der Waals surface area contributed by atoms with Crippen LogP contribution in [0.1, 0.15) is 11.3 Å². The first-order valence-electron chi connectivity index (χ1n) is 7.76. The molecule has 124 valence electrons. The Balaban J connectivity index is 1.87. The van der Waals surface area contributed by atoms with Crippen molar-refractivity contribution in [2.75, 3.05) is 37.7 Å². The molecule has 2 aliphatic rings. The number of ether oxygens (including phenoxy) is 1. The van der Waals surface area contributed by atoms with Crippen LogP contribution in [0.3, 0.4) is 0 Å². The lowest BCUT2D eigenvalue weighted by atomic mass is 10.1. The first kappa shape index (κ1) is 16.0. The van der Waals surface area contributed by atoms with E-state index in [4.69, 9.17) is 10.5 Å². The molecule has 3 rings (SSSR count). The van der Waals surface area contributed by atoms with Crippen molar-refractivity contribution in [3.8, 4) is 11.8 Å². The van der Waals surface area contributed by atoms with E-state index < -0.39 is 5.91 Å². The van der Waals surface area contributed by atoms with Crippen molar-refractivity contribution in [3.05, 3.63) is 41.0 Å². The minimum atomic E-state index is -0.472. The molecule has 1 aromatic heterocycles. The number of anilines is 1. The standard InChI is InChI=1S/C17H19N5O2/c1-12-14(4-2-13-3-5-15(16(18)23)19-10-13)17(21-11-20-12)22-6-8-24-9-7-22/h3,5,11,19H,6-10H2,1H3,(H2,18,23). The van der Waals surface area contributed by atoms with E-state index in [2.05, 4.69) is 32.0 Å². The second kappa shape index (κ2) is 7.15. The van der Waals surface area contributed by atoms with Crippen molar-refractivity contribution in [3.63, 3.8) is 0 Å². The van der Waals surface area contributed by atoms with Gasteiger partial charge in [0.1, 0.15) is 12.1 Å². The topological polar surface area (TPSA) is 93.4 Å². The third-order valence-electron chi connectivity index (χ3n) is 3.86. The molecule has 3 N–H and O–H groups in total. The van der Waals surface area contributed by atoms with E-state index in [9.17, 15) is 4.79 Å². The SMILES string of the molecule is Cc1ncnc(N2CCOCC2)c1C#CC1=CC=C(C(N)=O)NC1. The molecule has 0 bridgehead atoms. The van der Waals surface area contributed by atoms with Crippen LogP contribution in [0.4, 0.5) is 5.82 Å². The van der Waals surface area contributed by atoms with Gasteiger partial charge in [0.05, 0.1) is 30.2 Å². The Labute approximate surface area is 140 Å². The fourth-order valence-corrected chi connectivity index (χ4v) is 2.51. The first-order chi connectivity index (χ1) is 11.6. The summed E-state index contributed by atoms with van der Waals surface area (Å²) in [6, 6.07) is 0. The molecule has 7 heteroatoms. The molecule has 0 saturated carbocycles. The number of aryl methyl sites for hydroxylation is 1. The molecule has 7 nitrogen and oxygen atoms in total. The summed E-state index contributed by atoms with van der Waals surface area (Å²) in [5.74, 6) is 6.68. The number of dihydropyridines is 1. The van der Waals surface area contributed by atoms with E-state index in [1.807, 2.05) is 6.92 Å². The number of amides is 1. The van der Waals surface area contributed by atoms with Gasteiger partial charge in [0.15, 0.2) is 0 Å². The van der Waals surface area contributed by atoms with E-state index in [0.29, 0.717) is 25.5 Å². The third kappa shape index (κ3) is 3.55. The van der Waals surface area contributed by atoms with Crippen LogP contribution in [-0.2, 0) is 9.53 Å². The van der Waals surface area contributed by atoms with Gasteiger partial charge in [-0.2, -0.15) is 0 Å². The number of allylic oxidation sites excluding steroid dienone is 2. The molecule has 0 atom stereocenters. The molecule has 1 fully saturated rings. The maximum atomic E-state index is 11.1. The van der Waals surface area contributed by atoms with E-state index in [0.717, 1.165) is 35.7 Å². The molecule has 0 spiro atoms. The van der Waals surface area contributed by atoms with Gasteiger partial charge in [-0.15, -0.1) is 0 Å². The number of nitrogens with zero attached hydrogens (tertiary/aromatic N) is 3. The van der Waals surface area contributed by atoms with Crippen LogP contribution < -0.4 is 16.0 Å². The number of rotatable bonds is 2. The van der Waals surface area contributed by atoms with E-state index in [-0.39, 0.29) is 0 Å². The van der Waals surface area contributed by atoms with E-state index >= 15 is 0 Å². The summed E-state index contributed by atoms with van der Waals surface area (Å²) in [6.45, 7) is 5.35. The maximum absolute atomic E-state index is 11.1. The number of nitrogens with two attached hydrogens (primary N) is 1. The summed E-state index contributed by atoms with van der Waals surface area (Å²) >= 11 is 0. The molecule has 24 heavy (non-hydrogen) atoms. The summed E-state index contributed by atoms with van der Waals surface area (Å²) in [5, 5.41) is 2.96. The monoisotopic (exact) mass is 325 g/mol. The summed E-state index contributed by atoms with van der Waals surface area (Å²) in [6.07, 6.45) is 5.01. The molecule has 3 heterocycles. The van der Waals surface area contributed by atoms with Gasteiger partial charge in [-0.05, 0) is 19.1 Å². The van der Waals surface area contributed by atoms with Crippen molar-refractivity contribution in [1.29, 1.82) is 0 Å². The highest BCUT2D eigenvalue weighted by Gasteiger charge is 2.17. The summed E-state index contributed by atoms with van der Waals surface area (Å²) in [4.78, 5) is 21.9. The highest BCUT2D eigenvalue weighted by atomic mass is 16.5. The predicted octanol–water partition coefficient (Wildman–Crippen LogP) is -0.128. The number of aromatic nitrogens is 2. The van der Waals surface area contributed by atoms with Gasteiger partial charge in [0.25, 0.3) is 5.91 Å². The van der Waals surface area contributed by atoms with Gasteiger partial charge in [0.2, 0.25) is 0 Å². The smallest absolute Gasteiger partial charge is 0.264 e. The average Bonchev–Trinajstić information content (AvgIpc) is 2.61. The molecule has 0 aliphatic carbocycles. The number of hydrogen-bond acceptors (Lipinski definition) is 6. The Morgan fingerprint density at radius 1 is 1.29 bits per heavy atom. The molecular weight excluding hydrogens is 306 g/mol. The zero-order valence-corrected chi connectivity index (χ0v) is 13.5. The molecule has 1 amide bonds. The van der Waals surface area contributed by atoms with Crippen molar-refractivity contribution < 1.29 is 9.53 Å². The second-order valence-corrected chi connectivity index (χ2v) is 5.50. The van der Waals surface area contributed by atoms with Crippen LogP contribution >= 0.6 is 0 Å². The highest BCUT2D eigenvalue weighted by Crippen LogP contribution is 2.19. The fraction of sp³-hybridized carbons (Fsp3) is 0.353. The summed E-state index contributed by atoms with van der Waals surface area (Å²) < 4.78 is 5.39. The Kier molecular flexibility index (Phi) is 4.77. The molecule has 2 aliphatic heterocycles. The minimum Gasteiger partial charge on any atom is -0.378 e. The lowest BCUT2D eigenvalue weighted by Crippen LogP contribution is -2.37. The van der Waals surface area contributed by atoms with Crippen molar-refractivity contribution in [1.82, 2.24) is 15.3 Å². The Morgan fingerprint density at radius 2 is 2.08 bits per heavy atom. The van der Waals surface area contributed by atoms with Gasteiger partial charge < -0.3 is 20.7 Å². The lowest BCUT2D eigenvalue weighted by Gasteiger charge is -2.28. The van der Waals surface area contributed by atoms with Crippen molar-refractivity contribution in [2.24, 2.45) is 5.73 Å². The van der Waals surface area contributed by atoms with Gasteiger partial charge >= 0.3 is 0 Å². The number of primary amides is 1. The van der Waals surface area contributed by atoms with E-state index in [1.54, 1.807) is 18.5 Å². The number of carbonyl (C=O) groups excluding carboxylic acids is 1. The average molecular weight is 325 g/mol. The lowest BCUT2D eigenvalue weighted by molar-refractivity contribution is -0.114. The minimum absolute atomic E-state index is 0.397. The number of nitrogens with one attached hydrogen (secondary N) is 1. The summed E-state index contributed by atoms with van der Waals surface area (Å²) in [5.41, 5.74) is 8.17. The van der Waals surface area contributed by atoms with Crippen LogP contribution in [0.2, 0.25) is 0 Å². The van der Waals surface area contributed by atoms with Crippen LogP contribution in [0, 0.1) is 18.8 Å². The zero-order valence-electron chi connectivity index (χ0n) is 13.5. The predicted molar refractivity (Wildman–Crippen MR) is 90.0 cm³/mol. The fourth-order valence-electron chi connectivity index (χ4n) is 2.51. The van der Waals surface area contributed by atoms with Gasteiger partial charge in [-0.3, -0.25) is 4.79 Å². The quantitative estimate of drug-likeness (QED) is 0.736. The molecule has 0 aromatic carbocycles. The van der Waals surface area contributed by atoms with Crippen LogP contribution in [0.25, 0.3) is 0 Å². The highest BCUT2D eigenvalue weighted by molar-refractivity contribution is 5.92. The number of morpholine rings is 1. The third-order valence-corrected chi connectivity index (χ3v) is 3.86. The van der Waals surface area contributed by atoms with Gasteiger partial charge in [-0.1, -0.05) is 11.8 Å². The Bertz CT molecular complexity index is 767. The normalized spacial score (nSPS) is 17.1. The molecular formula is C17H19N5O2. The summed E-state index contributed by atoms with van der Waals surface area (Å²) in [7, 11) is 0. The van der Waals surface area contributed by atoms with Crippen molar-refractivity contribution in [2.45, 2.75) is 6.92 Å². The Hall–Kier alpha value is -2.85. The maximum Gasteiger partial charge on any atom is 0.264 e. The molecule has 1 saturated heterocycles. The van der Waals surface area contributed by atoms with Crippen LogP contribution in [0.15, 0.2) is 29.7 Å². The van der Waals surface area contributed by atoms with Crippen molar-refractivity contribution >= 4 is 11.7 Å². The van der Waals surface area contributed by atoms with Gasteiger partial charge in [-0.25, -0.2) is 9.97 Å². The first-order valence-corrected chi connectivity index (χ1v) is 7.76.